The van der Waals surface area contributed by atoms with Crippen LogP contribution in [-0.4, -0.2) is 32.0 Å². The van der Waals surface area contributed by atoms with E-state index in [4.69, 9.17) is 23.8 Å². The molecule has 2 unspecified atom stereocenters. The van der Waals surface area contributed by atoms with Gasteiger partial charge in [-0.15, -0.1) is 0 Å². The second-order valence-corrected chi connectivity index (χ2v) is 10.2. The Kier molecular flexibility index (Phi) is 7.77. The van der Waals surface area contributed by atoms with E-state index < -0.39 is 0 Å². The summed E-state index contributed by atoms with van der Waals surface area (Å²) in [4.78, 5) is 19.8. The minimum absolute atomic E-state index is 0.0440. The van der Waals surface area contributed by atoms with Crippen molar-refractivity contribution in [2.45, 2.75) is 38.8 Å². The minimum atomic E-state index is -0.172. The maximum absolute atomic E-state index is 13.0. The highest BCUT2D eigenvalue weighted by atomic mass is 35.5. The largest absolute Gasteiger partial charge is 0.352 e. The van der Waals surface area contributed by atoms with E-state index in [0.29, 0.717) is 18.1 Å². The Balaban J connectivity index is 1.45. The van der Waals surface area contributed by atoms with Gasteiger partial charge in [-0.05, 0) is 85.2 Å². The Hall–Kier alpha value is -3.68. The van der Waals surface area contributed by atoms with Crippen molar-refractivity contribution in [3.8, 4) is 5.69 Å². The summed E-state index contributed by atoms with van der Waals surface area (Å²) in [7, 11) is 0. The van der Waals surface area contributed by atoms with Gasteiger partial charge in [0.15, 0.2) is 5.11 Å². The van der Waals surface area contributed by atoms with E-state index in [9.17, 15) is 4.79 Å². The molecule has 0 aliphatic carbocycles. The summed E-state index contributed by atoms with van der Waals surface area (Å²) < 4.78 is 2.16. The second-order valence-electron chi connectivity index (χ2n) is 9.37. The number of para-hydroxylation sites is 1. The smallest absolute Gasteiger partial charge is 0.226 e. The monoisotopic (exact) mass is 543 g/mol. The van der Waals surface area contributed by atoms with E-state index in [1.54, 1.807) is 6.20 Å². The number of nitrogens with one attached hydrogen (secondary N) is 2. The van der Waals surface area contributed by atoms with Crippen LogP contribution in [0.4, 0.5) is 5.69 Å². The zero-order valence-corrected chi connectivity index (χ0v) is 23.0. The molecule has 2 atom stereocenters. The Morgan fingerprint density at radius 2 is 1.92 bits per heavy atom. The number of amides is 1. The van der Waals surface area contributed by atoms with Crippen molar-refractivity contribution in [2.75, 3.05) is 11.9 Å². The first kappa shape index (κ1) is 25.9. The van der Waals surface area contributed by atoms with Crippen LogP contribution in [0.25, 0.3) is 5.69 Å². The normalized spacial score (nSPS) is 16.9. The molecule has 0 saturated carbocycles. The first-order valence-electron chi connectivity index (χ1n) is 12.8. The molecule has 38 heavy (non-hydrogen) atoms. The number of carbonyl (C=O) groups is 1. The van der Waals surface area contributed by atoms with Gasteiger partial charge >= 0.3 is 0 Å². The third-order valence-corrected chi connectivity index (χ3v) is 7.73. The lowest BCUT2D eigenvalue weighted by Crippen LogP contribution is -2.33. The third kappa shape index (κ3) is 5.30. The van der Waals surface area contributed by atoms with Gasteiger partial charge in [0.05, 0.1) is 17.8 Å². The Morgan fingerprint density at radius 1 is 1.11 bits per heavy atom. The Bertz CT molecular complexity index is 1450. The third-order valence-electron chi connectivity index (χ3n) is 6.95. The van der Waals surface area contributed by atoms with Crippen LogP contribution in [-0.2, 0) is 11.2 Å². The number of hydrogen-bond acceptors (Lipinski definition) is 3. The molecule has 5 rings (SSSR count). The first-order valence-corrected chi connectivity index (χ1v) is 13.5. The van der Waals surface area contributed by atoms with Crippen LogP contribution in [0.3, 0.4) is 0 Å². The number of aromatic nitrogens is 2. The van der Waals surface area contributed by atoms with Gasteiger partial charge in [-0.3, -0.25) is 9.78 Å². The number of nitrogens with zero attached hydrogens (tertiary/aromatic N) is 3. The fourth-order valence-electron chi connectivity index (χ4n) is 5.00. The van der Waals surface area contributed by atoms with E-state index in [1.807, 2.05) is 73.8 Å². The average Bonchev–Trinajstić information content (AvgIpc) is 3.54. The lowest BCUT2D eigenvalue weighted by Gasteiger charge is -2.29. The molecule has 2 aromatic heterocycles. The van der Waals surface area contributed by atoms with Crippen molar-refractivity contribution in [1.29, 1.82) is 0 Å². The van der Waals surface area contributed by atoms with Gasteiger partial charge < -0.3 is 20.1 Å². The number of thiocarbonyl (C=S) groups is 1. The van der Waals surface area contributed by atoms with Gasteiger partial charge in [0.2, 0.25) is 5.91 Å². The molecule has 4 aromatic rings. The molecule has 2 aromatic carbocycles. The lowest BCUT2D eigenvalue weighted by molar-refractivity contribution is -0.116. The van der Waals surface area contributed by atoms with E-state index in [-0.39, 0.29) is 18.0 Å². The van der Waals surface area contributed by atoms with Crippen molar-refractivity contribution in [1.82, 2.24) is 19.8 Å². The zero-order valence-electron chi connectivity index (χ0n) is 21.4. The first-order chi connectivity index (χ1) is 18.5. The number of aryl methyl sites for hydroxylation is 2. The second kappa shape index (κ2) is 11.4. The number of hydrogen-bond donors (Lipinski definition) is 2. The van der Waals surface area contributed by atoms with Crippen molar-refractivity contribution in [3.05, 3.63) is 113 Å². The van der Waals surface area contributed by atoms with Crippen LogP contribution in [0.1, 0.15) is 47.9 Å². The highest BCUT2D eigenvalue weighted by Crippen LogP contribution is 2.39. The predicted molar refractivity (Wildman–Crippen MR) is 157 cm³/mol. The molecule has 2 N–H and O–H groups in total. The molecule has 1 aliphatic heterocycles. The standard InChI is InChI=1S/C30H30ClN5OS/c1-3-21-9-4-5-10-24(21)33-27(37)15-18-36-29(28(34-30(36)38)25-11-6-7-16-32-25)26-12-8-17-35(26)22-13-14-23(31)20(2)19-22/h4-14,16-17,19,28-29H,3,15,18H2,1-2H3,(H,33,37)(H,34,38). The fourth-order valence-corrected chi connectivity index (χ4v) is 5.45. The molecule has 6 nitrogen and oxygen atoms in total. The average molecular weight is 544 g/mol. The highest BCUT2D eigenvalue weighted by molar-refractivity contribution is 7.80. The topological polar surface area (TPSA) is 62.2 Å². The van der Waals surface area contributed by atoms with E-state index in [0.717, 1.165) is 45.3 Å². The van der Waals surface area contributed by atoms with Crippen molar-refractivity contribution in [2.24, 2.45) is 0 Å². The summed E-state index contributed by atoms with van der Waals surface area (Å²) in [5, 5.41) is 7.90. The molecule has 1 amide bonds. The summed E-state index contributed by atoms with van der Waals surface area (Å²) >= 11 is 12.1. The van der Waals surface area contributed by atoms with Gasteiger partial charge in [-0.2, -0.15) is 0 Å². The highest BCUT2D eigenvalue weighted by Gasteiger charge is 2.41. The SMILES string of the molecule is CCc1ccccc1NC(=O)CCN1C(=S)NC(c2ccccn2)C1c1cccn1-c1ccc(Cl)c(C)c1. The number of carbonyl (C=O) groups excluding carboxylic acids is 1. The molecule has 1 fully saturated rings. The molecular weight excluding hydrogens is 514 g/mol. The summed E-state index contributed by atoms with van der Waals surface area (Å²) in [6.45, 7) is 4.54. The lowest BCUT2D eigenvalue weighted by atomic mass is 10.0. The molecule has 0 bridgehead atoms. The number of rotatable bonds is 8. The van der Waals surface area contributed by atoms with Gasteiger partial charge in [0.1, 0.15) is 0 Å². The van der Waals surface area contributed by atoms with Crippen molar-refractivity contribution < 1.29 is 4.79 Å². The van der Waals surface area contributed by atoms with E-state index >= 15 is 0 Å². The Morgan fingerprint density at radius 3 is 2.68 bits per heavy atom. The van der Waals surface area contributed by atoms with Gasteiger partial charge in [0.25, 0.3) is 0 Å². The van der Waals surface area contributed by atoms with Crippen molar-refractivity contribution >= 4 is 40.5 Å². The van der Waals surface area contributed by atoms with Crippen LogP contribution in [0.2, 0.25) is 5.02 Å². The van der Waals surface area contributed by atoms with Gasteiger partial charge in [-0.25, -0.2) is 0 Å². The molecule has 0 radical (unpaired) electrons. The zero-order chi connectivity index (χ0) is 26.6. The molecule has 1 aliphatic rings. The molecule has 3 heterocycles. The number of benzene rings is 2. The molecule has 1 saturated heterocycles. The summed E-state index contributed by atoms with van der Waals surface area (Å²) in [5.74, 6) is -0.0440. The van der Waals surface area contributed by atoms with Crippen molar-refractivity contribution in [3.63, 3.8) is 0 Å². The van der Waals surface area contributed by atoms with Crippen LogP contribution >= 0.6 is 23.8 Å². The van der Waals surface area contributed by atoms with Crippen LogP contribution in [0.15, 0.2) is 85.2 Å². The molecule has 0 spiro atoms. The molecule has 194 valence electrons. The number of pyridine rings is 1. The number of halogens is 1. The maximum atomic E-state index is 13.0. The quantitative estimate of drug-likeness (QED) is 0.252. The molecular formula is C30H30ClN5OS. The summed E-state index contributed by atoms with van der Waals surface area (Å²) in [6.07, 6.45) is 4.99. The Labute approximate surface area is 233 Å². The molecule has 8 heteroatoms. The van der Waals surface area contributed by atoms with Crippen LogP contribution in [0, 0.1) is 6.92 Å². The minimum Gasteiger partial charge on any atom is -0.352 e. The fraction of sp³-hybridized carbons (Fsp3) is 0.233. The van der Waals surface area contributed by atoms with Gasteiger partial charge in [-0.1, -0.05) is 42.8 Å². The van der Waals surface area contributed by atoms with E-state index in [2.05, 4.69) is 44.1 Å². The summed E-state index contributed by atoms with van der Waals surface area (Å²) in [6, 6.07) is 23.6. The van der Waals surface area contributed by atoms with E-state index in [1.165, 1.54) is 0 Å². The van der Waals surface area contributed by atoms with Crippen LogP contribution < -0.4 is 10.6 Å². The summed E-state index contributed by atoms with van der Waals surface area (Å²) in [5.41, 5.74) is 5.93. The maximum Gasteiger partial charge on any atom is 0.226 e. The predicted octanol–water partition coefficient (Wildman–Crippen LogP) is 6.40. The van der Waals surface area contributed by atoms with Crippen LogP contribution in [0.5, 0.6) is 0 Å². The van der Waals surface area contributed by atoms with Gasteiger partial charge in [0, 0.05) is 47.5 Å². The number of anilines is 1.